The first-order chi connectivity index (χ1) is 13.1. The van der Waals surface area contributed by atoms with E-state index >= 15 is 0 Å². The Morgan fingerprint density at radius 2 is 1.39 bits per heavy atom. The van der Waals surface area contributed by atoms with Crippen LogP contribution in [0, 0.1) is 29.1 Å². The molecule has 2 aromatic rings. The quantitative estimate of drug-likeness (QED) is 0.337. The molecule has 1 aliphatic heterocycles. The molecule has 1 heterocycles. The van der Waals surface area contributed by atoms with Crippen LogP contribution in [0.2, 0.25) is 0 Å². The summed E-state index contributed by atoms with van der Waals surface area (Å²) < 4.78 is 68.2. The molecule has 3 rings (SSSR count). The fraction of sp³-hybridized carbons (Fsp3) is 0.158. The lowest BCUT2D eigenvalue weighted by atomic mass is 10.1. The molecule has 1 amide bonds. The number of carbonyl (C=O) groups is 1. The van der Waals surface area contributed by atoms with Crippen LogP contribution in [0.15, 0.2) is 34.9 Å². The van der Waals surface area contributed by atoms with Crippen molar-refractivity contribution in [3.05, 3.63) is 64.5 Å². The summed E-state index contributed by atoms with van der Waals surface area (Å²) in [6, 6.07) is 7.01. The van der Waals surface area contributed by atoms with Crippen LogP contribution in [0.25, 0.3) is 6.08 Å². The molecule has 1 aliphatic rings. The van der Waals surface area contributed by atoms with Crippen molar-refractivity contribution >= 4 is 29.1 Å². The van der Waals surface area contributed by atoms with Crippen molar-refractivity contribution in [2.45, 2.75) is 6.92 Å². The molecule has 0 spiro atoms. The van der Waals surface area contributed by atoms with Crippen LogP contribution in [0.5, 0.6) is 0 Å². The van der Waals surface area contributed by atoms with E-state index in [-0.39, 0.29) is 16.3 Å². The summed E-state index contributed by atoms with van der Waals surface area (Å²) in [6.07, 6.45) is 1.42. The fourth-order valence-electron chi connectivity index (χ4n) is 2.65. The van der Waals surface area contributed by atoms with Gasteiger partial charge in [0.25, 0.3) is 5.91 Å². The maximum atomic E-state index is 14.0. The molecular formula is C19H14F5N3O. The van der Waals surface area contributed by atoms with Gasteiger partial charge in [-0.2, -0.15) is 10.1 Å². The Morgan fingerprint density at radius 3 is 1.89 bits per heavy atom. The minimum atomic E-state index is -2.30. The lowest BCUT2D eigenvalue weighted by Crippen LogP contribution is -2.25. The Hall–Kier alpha value is -3.23. The van der Waals surface area contributed by atoms with Crippen LogP contribution in [0.3, 0.4) is 0 Å². The van der Waals surface area contributed by atoms with Crippen molar-refractivity contribution in [2.24, 2.45) is 5.10 Å². The first-order valence-corrected chi connectivity index (χ1v) is 8.04. The second kappa shape index (κ2) is 7.06. The normalized spacial score (nSPS) is 15.4. The maximum Gasteiger partial charge on any atom is 0.280 e. The average molecular weight is 395 g/mol. The van der Waals surface area contributed by atoms with Gasteiger partial charge in [-0.3, -0.25) is 4.79 Å². The number of hydrogen-bond donors (Lipinski definition) is 0. The standard InChI is InChI=1S/C19H14F5N3O/c1-9-12(8-10-4-6-11(7-5-10)26(2)3)19(28)27(25-9)18-16(23)14(21)13(20)15(22)17(18)24/h4-8H,1-3H3/b12-8-. The summed E-state index contributed by atoms with van der Waals surface area (Å²) in [5.41, 5.74) is 0.148. The third kappa shape index (κ3) is 3.12. The number of carbonyl (C=O) groups excluding carboxylic acids is 1. The van der Waals surface area contributed by atoms with Gasteiger partial charge >= 0.3 is 0 Å². The molecular weight excluding hydrogens is 381 g/mol. The third-order valence-corrected chi connectivity index (χ3v) is 4.18. The van der Waals surface area contributed by atoms with E-state index in [1.165, 1.54) is 13.0 Å². The number of hydrogen-bond acceptors (Lipinski definition) is 3. The van der Waals surface area contributed by atoms with Crippen LogP contribution in [-0.2, 0) is 4.79 Å². The molecule has 4 nitrogen and oxygen atoms in total. The van der Waals surface area contributed by atoms with Crippen molar-refractivity contribution in [1.29, 1.82) is 0 Å². The molecule has 0 radical (unpaired) electrons. The zero-order valence-electron chi connectivity index (χ0n) is 15.0. The molecule has 0 saturated heterocycles. The topological polar surface area (TPSA) is 35.9 Å². The van der Waals surface area contributed by atoms with E-state index in [0.717, 1.165) is 5.69 Å². The summed E-state index contributed by atoms with van der Waals surface area (Å²) >= 11 is 0. The average Bonchev–Trinajstić information content (AvgIpc) is 2.93. The SMILES string of the molecule is CC1=NN(c2c(F)c(F)c(F)c(F)c2F)C(=O)/C1=C\c1ccc(N(C)C)cc1. The fourth-order valence-corrected chi connectivity index (χ4v) is 2.65. The van der Waals surface area contributed by atoms with Gasteiger partial charge < -0.3 is 4.90 Å². The van der Waals surface area contributed by atoms with Gasteiger partial charge in [-0.1, -0.05) is 12.1 Å². The maximum absolute atomic E-state index is 14.0. The molecule has 9 heteroatoms. The van der Waals surface area contributed by atoms with Crippen molar-refractivity contribution in [1.82, 2.24) is 0 Å². The molecule has 0 atom stereocenters. The number of hydrazone groups is 1. The van der Waals surface area contributed by atoms with Gasteiger partial charge in [-0.25, -0.2) is 22.0 Å². The molecule has 0 aliphatic carbocycles. The highest BCUT2D eigenvalue weighted by Crippen LogP contribution is 2.34. The lowest BCUT2D eigenvalue weighted by molar-refractivity contribution is -0.114. The highest BCUT2D eigenvalue weighted by molar-refractivity contribution is 6.32. The van der Waals surface area contributed by atoms with Gasteiger partial charge in [0.05, 0.1) is 11.3 Å². The number of rotatable bonds is 3. The van der Waals surface area contributed by atoms with Crippen molar-refractivity contribution in [2.75, 3.05) is 24.0 Å². The molecule has 0 bridgehead atoms. The Bertz CT molecular complexity index is 1000. The van der Waals surface area contributed by atoms with Gasteiger partial charge in [-0.15, -0.1) is 0 Å². The Labute approximate surface area is 157 Å². The minimum absolute atomic E-state index is 0.0263. The van der Waals surface area contributed by atoms with Crippen LogP contribution in [0.4, 0.5) is 33.3 Å². The van der Waals surface area contributed by atoms with Crippen LogP contribution in [-0.4, -0.2) is 25.7 Å². The third-order valence-electron chi connectivity index (χ3n) is 4.18. The van der Waals surface area contributed by atoms with Crippen molar-refractivity contribution in [3.63, 3.8) is 0 Å². The van der Waals surface area contributed by atoms with E-state index in [0.29, 0.717) is 5.56 Å². The Kier molecular flexibility index (Phi) is 4.93. The van der Waals surface area contributed by atoms with Crippen LogP contribution < -0.4 is 9.91 Å². The van der Waals surface area contributed by atoms with E-state index in [1.54, 1.807) is 24.3 Å². The number of amides is 1. The van der Waals surface area contributed by atoms with E-state index in [4.69, 9.17) is 0 Å². The highest BCUT2D eigenvalue weighted by Gasteiger charge is 2.36. The Morgan fingerprint density at radius 1 is 0.893 bits per heavy atom. The summed E-state index contributed by atoms with van der Waals surface area (Å²) in [6.45, 7) is 1.39. The zero-order valence-corrected chi connectivity index (χ0v) is 15.0. The van der Waals surface area contributed by atoms with E-state index in [2.05, 4.69) is 5.10 Å². The summed E-state index contributed by atoms with van der Waals surface area (Å²) in [4.78, 5) is 14.4. The molecule has 0 saturated carbocycles. The molecule has 2 aromatic carbocycles. The largest absolute Gasteiger partial charge is 0.378 e. The molecule has 0 N–H and O–H groups in total. The zero-order chi connectivity index (χ0) is 20.7. The first-order valence-electron chi connectivity index (χ1n) is 8.04. The van der Waals surface area contributed by atoms with E-state index in [1.807, 2.05) is 19.0 Å². The number of nitrogens with zero attached hydrogens (tertiary/aromatic N) is 3. The van der Waals surface area contributed by atoms with Gasteiger partial charge in [0.15, 0.2) is 23.3 Å². The van der Waals surface area contributed by atoms with Crippen molar-refractivity contribution < 1.29 is 26.7 Å². The van der Waals surface area contributed by atoms with Gasteiger partial charge in [0.2, 0.25) is 5.82 Å². The first kappa shape index (κ1) is 19.5. The summed E-state index contributed by atoms with van der Waals surface area (Å²) in [5, 5.41) is 3.87. The van der Waals surface area contributed by atoms with Gasteiger partial charge in [0.1, 0.15) is 5.69 Å². The lowest BCUT2D eigenvalue weighted by Gasteiger charge is -2.15. The summed E-state index contributed by atoms with van der Waals surface area (Å²) in [7, 11) is 3.71. The molecule has 146 valence electrons. The number of benzene rings is 2. The van der Waals surface area contributed by atoms with Crippen LogP contribution in [0.1, 0.15) is 12.5 Å². The van der Waals surface area contributed by atoms with Crippen LogP contribution >= 0.6 is 0 Å². The molecule has 0 fully saturated rings. The number of anilines is 2. The number of halogens is 5. The molecule has 28 heavy (non-hydrogen) atoms. The van der Waals surface area contributed by atoms with E-state index in [9.17, 15) is 26.7 Å². The van der Waals surface area contributed by atoms with Gasteiger partial charge in [0, 0.05) is 19.8 Å². The monoisotopic (exact) mass is 395 g/mol. The van der Waals surface area contributed by atoms with E-state index < -0.39 is 40.7 Å². The predicted octanol–water partition coefficient (Wildman–Crippen LogP) is 4.25. The molecule has 0 unspecified atom stereocenters. The van der Waals surface area contributed by atoms with Gasteiger partial charge in [-0.05, 0) is 30.7 Å². The highest BCUT2D eigenvalue weighted by atomic mass is 19.2. The smallest absolute Gasteiger partial charge is 0.280 e. The minimum Gasteiger partial charge on any atom is -0.378 e. The second-order valence-electron chi connectivity index (χ2n) is 6.26. The Balaban J connectivity index is 2.03. The predicted molar refractivity (Wildman–Crippen MR) is 95.6 cm³/mol. The second-order valence-corrected chi connectivity index (χ2v) is 6.26. The summed E-state index contributed by atoms with van der Waals surface area (Å²) in [5.74, 6) is -11.9. The van der Waals surface area contributed by atoms with Crippen molar-refractivity contribution in [3.8, 4) is 0 Å². The molecule has 0 aromatic heterocycles.